The Balaban J connectivity index is 2.93. The summed E-state index contributed by atoms with van der Waals surface area (Å²) in [6.07, 6.45) is 0. The Morgan fingerprint density at radius 3 is 2.50 bits per heavy atom. The molecule has 0 spiro atoms. The molecular weight excluding hydrogens is 248 g/mol. The minimum absolute atomic E-state index is 0.0406. The predicted molar refractivity (Wildman–Crippen MR) is 74.7 cm³/mol. The van der Waals surface area contributed by atoms with Crippen LogP contribution in [-0.4, -0.2) is 21.4 Å². The Morgan fingerprint density at radius 1 is 1.33 bits per heavy atom. The summed E-state index contributed by atoms with van der Waals surface area (Å²) in [7, 11) is -1.39. The molecule has 1 rings (SSSR count). The standard InChI is InChI=1S/C13H20N2O2S/c1-8(2)15-13(16)10(4)18(17)12-7-11(14)6-5-9(12)3/h5-8,10H,14H2,1-4H3,(H,15,16). The number of hydrogen-bond donors (Lipinski definition) is 2. The molecule has 1 amide bonds. The molecule has 100 valence electrons. The minimum Gasteiger partial charge on any atom is -0.399 e. The first kappa shape index (κ1) is 14.7. The third kappa shape index (κ3) is 3.57. The molecule has 0 fully saturated rings. The molecule has 1 aromatic carbocycles. The van der Waals surface area contributed by atoms with E-state index in [4.69, 9.17) is 5.73 Å². The van der Waals surface area contributed by atoms with Crippen LogP contribution in [0.25, 0.3) is 0 Å². The molecule has 2 unspecified atom stereocenters. The quantitative estimate of drug-likeness (QED) is 0.815. The molecule has 0 saturated heterocycles. The highest BCUT2D eigenvalue weighted by Crippen LogP contribution is 2.19. The molecule has 0 heterocycles. The van der Waals surface area contributed by atoms with E-state index in [0.717, 1.165) is 5.56 Å². The molecule has 5 heteroatoms. The molecule has 3 N–H and O–H groups in total. The van der Waals surface area contributed by atoms with Gasteiger partial charge in [-0.3, -0.25) is 9.00 Å². The van der Waals surface area contributed by atoms with Gasteiger partial charge in [-0.1, -0.05) is 6.07 Å². The molecule has 0 bridgehead atoms. The van der Waals surface area contributed by atoms with Crippen LogP contribution < -0.4 is 11.1 Å². The van der Waals surface area contributed by atoms with Gasteiger partial charge in [0, 0.05) is 16.6 Å². The highest BCUT2D eigenvalue weighted by atomic mass is 32.2. The number of nitrogens with one attached hydrogen (secondary N) is 1. The lowest BCUT2D eigenvalue weighted by atomic mass is 10.2. The number of carbonyl (C=O) groups is 1. The molecule has 18 heavy (non-hydrogen) atoms. The van der Waals surface area contributed by atoms with Crippen molar-refractivity contribution in [2.45, 2.75) is 43.9 Å². The summed E-state index contributed by atoms with van der Waals surface area (Å²) in [5, 5.41) is 2.17. The van der Waals surface area contributed by atoms with Gasteiger partial charge in [-0.15, -0.1) is 0 Å². The van der Waals surface area contributed by atoms with Gasteiger partial charge in [-0.25, -0.2) is 0 Å². The van der Waals surface area contributed by atoms with Crippen LogP contribution >= 0.6 is 0 Å². The maximum atomic E-state index is 12.3. The van der Waals surface area contributed by atoms with Crippen LogP contribution in [0.2, 0.25) is 0 Å². The number of anilines is 1. The topological polar surface area (TPSA) is 72.2 Å². The maximum Gasteiger partial charge on any atom is 0.236 e. The zero-order chi connectivity index (χ0) is 13.9. The van der Waals surface area contributed by atoms with E-state index in [1.807, 2.05) is 26.8 Å². The second-order valence-electron chi connectivity index (χ2n) is 4.63. The number of carbonyl (C=O) groups excluding carboxylic acids is 1. The highest BCUT2D eigenvalue weighted by molar-refractivity contribution is 7.86. The Morgan fingerprint density at radius 2 is 1.94 bits per heavy atom. The van der Waals surface area contributed by atoms with Crippen molar-refractivity contribution >= 4 is 22.4 Å². The van der Waals surface area contributed by atoms with Crippen LogP contribution in [0, 0.1) is 6.92 Å². The second kappa shape index (κ2) is 6.00. The van der Waals surface area contributed by atoms with Crippen LogP contribution in [0.5, 0.6) is 0 Å². The van der Waals surface area contributed by atoms with E-state index in [-0.39, 0.29) is 11.9 Å². The summed E-state index contributed by atoms with van der Waals surface area (Å²) < 4.78 is 12.3. The molecule has 4 nitrogen and oxygen atoms in total. The molecule has 0 radical (unpaired) electrons. The van der Waals surface area contributed by atoms with E-state index < -0.39 is 16.0 Å². The van der Waals surface area contributed by atoms with Crippen LogP contribution in [0.15, 0.2) is 23.1 Å². The van der Waals surface area contributed by atoms with Crippen molar-refractivity contribution in [3.63, 3.8) is 0 Å². The maximum absolute atomic E-state index is 12.3. The number of hydrogen-bond acceptors (Lipinski definition) is 3. The fraction of sp³-hybridized carbons (Fsp3) is 0.462. The average molecular weight is 268 g/mol. The van der Waals surface area contributed by atoms with Gasteiger partial charge >= 0.3 is 0 Å². The van der Waals surface area contributed by atoms with Gasteiger partial charge in [0.25, 0.3) is 0 Å². The third-order valence-electron chi connectivity index (χ3n) is 2.55. The monoisotopic (exact) mass is 268 g/mol. The van der Waals surface area contributed by atoms with Crippen LogP contribution in [0.3, 0.4) is 0 Å². The summed E-state index contributed by atoms with van der Waals surface area (Å²) in [4.78, 5) is 12.5. The van der Waals surface area contributed by atoms with Gasteiger partial charge in [0.15, 0.2) is 0 Å². The smallest absolute Gasteiger partial charge is 0.236 e. The normalized spacial score (nSPS) is 14.3. The number of amides is 1. The largest absolute Gasteiger partial charge is 0.399 e. The zero-order valence-electron chi connectivity index (χ0n) is 11.2. The fourth-order valence-corrected chi connectivity index (χ4v) is 2.80. The van der Waals surface area contributed by atoms with Gasteiger partial charge in [0.1, 0.15) is 5.25 Å². The number of nitrogen functional groups attached to an aromatic ring is 1. The number of aryl methyl sites for hydroxylation is 1. The molecular formula is C13H20N2O2S. The lowest BCUT2D eigenvalue weighted by Gasteiger charge is -2.15. The molecule has 0 saturated carbocycles. The van der Waals surface area contributed by atoms with E-state index in [2.05, 4.69) is 5.32 Å². The molecule has 1 aromatic rings. The van der Waals surface area contributed by atoms with Crippen molar-refractivity contribution in [1.82, 2.24) is 5.32 Å². The molecule has 0 aliphatic carbocycles. The first-order chi connectivity index (χ1) is 8.32. The van der Waals surface area contributed by atoms with E-state index in [1.54, 1.807) is 19.1 Å². The van der Waals surface area contributed by atoms with Crippen molar-refractivity contribution in [3.05, 3.63) is 23.8 Å². The zero-order valence-corrected chi connectivity index (χ0v) is 12.0. The fourth-order valence-electron chi connectivity index (χ4n) is 1.52. The van der Waals surface area contributed by atoms with Crippen LogP contribution in [-0.2, 0) is 15.6 Å². The second-order valence-corrected chi connectivity index (χ2v) is 6.37. The van der Waals surface area contributed by atoms with Gasteiger partial charge in [-0.05, 0) is 45.4 Å². The number of nitrogens with two attached hydrogens (primary N) is 1. The van der Waals surface area contributed by atoms with Gasteiger partial charge < -0.3 is 11.1 Å². The third-order valence-corrected chi connectivity index (χ3v) is 4.28. The predicted octanol–water partition coefficient (Wildman–Crippen LogP) is 1.60. The van der Waals surface area contributed by atoms with Crippen LogP contribution in [0.1, 0.15) is 26.3 Å². The summed E-state index contributed by atoms with van der Waals surface area (Å²) in [6, 6.07) is 5.29. The Kier molecular flexibility index (Phi) is 4.90. The summed E-state index contributed by atoms with van der Waals surface area (Å²) in [5.41, 5.74) is 7.12. The summed E-state index contributed by atoms with van der Waals surface area (Å²) in [6.45, 7) is 7.27. The highest BCUT2D eigenvalue weighted by Gasteiger charge is 2.23. The van der Waals surface area contributed by atoms with Gasteiger partial charge in [-0.2, -0.15) is 0 Å². The lowest BCUT2D eigenvalue weighted by Crippen LogP contribution is -2.39. The van der Waals surface area contributed by atoms with E-state index in [9.17, 15) is 9.00 Å². The summed E-state index contributed by atoms with van der Waals surface area (Å²) in [5.74, 6) is -0.204. The van der Waals surface area contributed by atoms with Crippen molar-refractivity contribution in [2.75, 3.05) is 5.73 Å². The number of rotatable bonds is 4. The number of benzene rings is 1. The molecule has 0 aromatic heterocycles. The average Bonchev–Trinajstić information content (AvgIpc) is 2.29. The lowest BCUT2D eigenvalue weighted by molar-refractivity contribution is -0.120. The Hall–Kier alpha value is -1.36. The molecule has 2 atom stereocenters. The van der Waals surface area contributed by atoms with Crippen molar-refractivity contribution in [2.24, 2.45) is 0 Å². The van der Waals surface area contributed by atoms with Gasteiger partial charge in [0.05, 0.1) is 10.8 Å². The molecule has 0 aliphatic rings. The SMILES string of the molecule is Cc1ccc(N)cc1S(=O)C(C)C(=O)NC(C)C. The van der Waals surface area contributed by atoms with Crippen molar-refractivity contribution in [1.29, 1.82) is 0 Å². The molecule has 0 aliphatic heterocycles. The first-order valence-electron chi connectivity index (χ1n) is 5.90. The van der Waals surface area contributed by atoms with E-state index >= 15 is 0 Å². The van der Waals surface area contributed by atoms with Crippen LogP contribution in [0.4, 0.5) is 5.69 Å². The Labute approximate surface area is 110 Å². The van der Waals surface area contributed by atoms with Crippen molar-refractivity contribution in [3.8, 4) is 0 Å². The van der Waals surface area contributed by atoms with Crippen molar-refractivity contribution < 1.29 is 9.00 Å². The Bertz CT molecular complexity index is 472. The first-order valence-corrected chi connectivity index (χ1v) is 7.11. The minimum atomic E-state index is -1.39. The van der Waals surface area contributed by atoms with E-state index in [0.29, 0.717) is 10.6 Å². The van der Waals surface area contributed by atoms with Gasteiger partial charge in [0.2, 0.25) is 5.91 Å². The summed E-state index contributed by atoms with van der Waals surface area (Å²) >= 11 is 0. The van der Waals surface area contributed by atoms with E-state index in [1.165, 1.54) is 0 Å².